The fraction of sp³-hybridized carbons (Fsp3) is 0.571. The number of methoxy groups -OCH3 is 1. The molecule has 3 aromatic rings. The van der Waals surface area contributed by atoms with Crippen LogP contribution in [-0.2, 0) is 31.0 Å². The number of pyridine rings is 1. The van der Waals surface area contributed by atoms with E-state index in [9.17, 15) is 40.8 Å². The zero-order valence-corrected chi connectivity index (χ0v) is 35.2. The number of halogens is 3. The zero-order chi connectivity index (χ0) is 44.0. The summed E-state index contributed by atoms with van der Waals surface area (Å²) < 4.78 is 86.3. The van der Waals surface area contributed by atoms with Crippen LogP contribution in [0, 0.1) is 12.8 Å². The van der Waals surface area contributed by atoms with E-state index in [1.54, 1.807) is 25.3 Å². The molecular weight excluding hydrogens is 836 g/mol. The molecular formula is C42H50F3N7O9S. The molecule has 4 amide bonds. The summed E-state index contributed by atoms with van der Waals surface area (Å²) in [6, 6.07) is 3.90. The van der Waals surface area contributed by atoms with Crippen LogP contribution in [0.15, 0.2) is 42.6 Å². The number of amides is 4. The molecule has 16 nitrogen and oxygen atoms in total. The maximum Gasteiger partial charge on any atom is 0.408 e. The molecule has 20 heteroatoms. The maximum atomic E-state index is 14.8. The van der Waals surface area contributed by atoms with Crippen LogP contribution in [0.25, 0.3) is 10.9 Å². The standard InChI is InChI=1S/C42H50F3N7O9S/c1-24-33(59-2)16-15-29-34(20-35(47-36(24)29)61-26-10-8-11-26)60-27-19-32-38(54)48-41(40(56)50-62(57,58)28-13-14-28)21-25(41)9-6-4-3-5-7-12-31(39(55)52(32)22-27)46-37(53)30-17-18-51(49-30)23-42(43,44)45/h6,9,15-18,20,25-28,31-32H,3-5,7-8,10-14,19,21-23H2,1-2H3,(H,46,53)(H,48,54)(H,50,56). The average Bonchev–Trinajstić information content (AvgIpc) is 4.09. The summed E-state index contributed by atoms with van der Waals surface area (Å²) in [4.78, 5) is 62.8. The minimum Gasteiger partial charge on any atom is -0.496 e. The van der Waals surface area contributed by atoms with Gasteiger partial charge >= 0.3 is 6.18 Å². The maximum absolute atomic E-state index is 14.8. The molecule has 3 saturated carbocycles. The zero-order valence-electron chi connectivity index (χ0n) is 34.4. The smallest absolute Gasteiger partial charge is 0.408 e. The van der Waals surface area contributed by atoms with E-state index in [-0.39, 0.29) is 37.6 Å². The number of aryl methyl sites for hydroxylation is 1. The third-order valence-electron chi connectivity index (χ3n) is 12.3. The van der Waals surface area contributed by atoms with Gasteiger partial charge in [0.25, 0.3) is 11.8 Å². The fourth-order valence-electron chi connectivity index (χ4n) is 8.41. The molecule has 62 heavy (non-hydrogen) atoms. The van der Waals surface area contributed by atoms with Crippen LogP contribution < -0.4 is 29.6 Å². The summed E-state index contributed by atoms with van der Waals surface area (Å²) in [6.45, 7) is 0.307. The van der Waals surface area contributed by atoms with Crippen molar-refractivity contribution in [2.24, 2.45) is 5.92 Å². The lowest BCUT2D eigenvalue weighted by molar-refractivity contribution is -0.142. The highest BCUT2D eigenvalue weighted by molar-refractivity contribution is 7.91. The average molecular weight is 886 g/mol. The van der Waals surface area contributed by atoms with E-state index >= 15 is 0 Å². The first-order valence-electron chi connectivity index (χ1n) is 21.1. The first-order chi connectivity index (χ1) is 29.5. The minimum absolute atomic E-state index is 0.0119. The number of hydrogen-bond acceptors (Lipinski definition) is 11. The quantitative estimate of drug-likeness (QED) is 0.231. The van der Waals surface area contributed by atoms with Crippen molar-refractivity contribution in [3.63, 3.8) is 0 Å². The Balaban J connectivity index is 1.11. The highest BCUT2D eigenvalue weighted by Crippen LogP contribution is 2.46. The Hall–Kier alpha value is -5.40. The number of aromatic nitrogens is 3. The van der Waals surface area contributed by atoms with E-state index in [1.807, 2.05) is 19.1 Å². The van der Waals surface area contributed by atoms with Crippen LogP contribution in [0.5, 0.6) is 17.4 Å². The van der Waals surface area contributed by atoms with Crippen molar-refractivity contribution in [3.8, 4) is 17.4 Å². The number of nitrogens with one attached hydrogen (secondary N) is 3. The molecule has 3 N–H and O–H groups in total. The second-order valence-electron chi connectivity index (χ2n) is 17.0. The molecule has 2 aliphatic heterocycles. The van der Waals surface area contributed by atoms with E-state index in [2.05, 4.69) is 20.5 Å². The first kappa shape index (κ1) is 43.3. The molecule has 1 aromatic carbocycles. The van der Waals surface area contributed by atoms with Gasteiger partial charge in [-0.05, 0) is 82.9 Å². The number of fused-ring (bicyclic) bond motifs is 3. The van der Waals surface area contributed by atoms with Crippen LogP contribution in [0.4, 0.5) is 13.2 Å². The van der Waals surface area contributed by atoms with Gasteiger partial charge in [0.1, 0.15) is 53.6 Å². The van der Waals surface area contributed by atoms with Crippen LogP contribution in [0.3, 0.4) is 0 Å². The number of rotatable bonds is 11. The number of alkyl halides is 3. The van der Waals surface area contributed by atoms with Crippen molar-refractivity contribution in [1.29, 1.82) is 0 Å². The van der Waals surface area contributed by atoms with Gasteiger partial charge in [0.2, 0.25) is 27.7 Å². The Bertz CT molecular complexity index is 2380. The topological polar surface area (TPSA) is 200 Å². The largest absolute Gasteiger partial charge is 0.496 e. The van der Waals surface area contributed by atoms with Crippen molar-refractivity contribution >= 4 is 44.6 Å². The Kier molecular flexibility index (Phi) is 11.9. The SMILES string of the molecule is COc1ccc2c(OC3CC4C(=O)NC5(C(=O)NS(=O)(=O)C6CC6)CC5C=CCCCCCC(NC(=O)c5ccn(CC(F)(F)F)n5)C(=O)N4C3)cc(OC3CCC3)nc2c1C. The Labute approximate surface area is 356 Å². The number of carbonyl (C=O) groups is 4. The van der Waals surface area contributed by atoms with E-state index in [1.165, 1.54) is 4.90 Å². The number of nitrogens with zero attached hydrogens (tertiary/aromatic N) is 4. The van der Waals surface area contributed by atoms with Gasteiger partial charge < -0.3 is 29.7 Å². The number of benzene rings is 1. The summed E-state index contributed by atoms with van der Waals surface area (Å²) in [5, 5.41) is 9.22. The number of ether oxygens (including phenoxy) is 3. The van der Waals surface area contributed by atoms with Gasteiger partial charge in [-0.1, -0.05) is 25.0 Å². The van der Waals surface area contributed by atoms with Crippen LogP contribution in [0.2, 0.25) is 0 Å². The highest BCUT2D eigenvalue weighted by atomic mass is 32.2. The van der Waals surface area contributed by atoms with Crippen molar-refractivity contribution < 1.29 is 55.0 Å². The van der Waals surface area contributed by atoms with E-state index in [4.69, 9.17) is 19.2 Å². The molecule has 334 valence electrons. The highest BCUT2D eigenvalue weighted by Gasteiger charge is 2.62. The van der Waals surface area contributed by atoms with Crippen molar-refractivity contribution in [2.45, 2.75) is 132 Å². The lowest BCUT2D eigenvalue weighted by atomic mass is 9.96. The van der Waals surface area contributed by atoms with Gasteiger partial charge in [0.05, 0.1) is 24.4 Å². The van der Waals surface area contributed by atoms with Gasteiger partial charge in [-0.25, -0.2) is 13.4 Å². The predicted octanol–water partition coefficient (Wildman–Crippen LogP) is 4.39. The van der Waals surface area contributed by atoms with E-state index < -0.39 is 81.3 Å². The molecule has 4 heterocycles. The van der Waals surface area contributed by atoms with Crippen molar-refractivity contribution in [2.75, 3.05) is 13.7 Å². The molecule has 0 bridgehead atoms. The first-order valence-corrected chi connectivity index (χ1v) is 22.7. The lowest BCUT2D eigenvalue weighted by Gasteiger charge is -2.29. The normalized spacial score (nSPS) is 26.0. The van der Waals surface area contributed by atoms with Crippen molar-refractivity contribution in [1.82, 2.24) is 35.0 Å². The second-order valence-corrected chi connectivity index (χ2v) is 18.9. The third kappa shape index (κ3) is 9.34. The number of carbonyl (C=O) groups excluding carboxylic acids is 4. The summed E-state index contributed by atoms with van der Waals surface area (Å²) in [5.41, 5.74) is -0.618. The molecule has 1 saturated heterocycles. The van der Waals surface area contributed by atoms with Crippen LogP contribution in [0.1, 0.15) is 93.1 Å². The van der Waals surface area contributed by atoms with E-state index in [0.29, 0.717) is 71.5 Å². The Morgan fingerprint density at radius 1 is 1.00 bits per heavy atom. The number of hydrogen-bond donors (Lipinski definition) is 3. The molecule has 5 aliphatic rings. The van der Waals surface area contributed by atoms with Gasteiger partial charge in [0, 0.05) is 35.6 Å². The summed E-state index contributed by atoms with van der Waals surface area (Å²) in [5.74, 6) is -2.31. The molecule has 3 aliphatic carbocycles. The van der Waals surface area contributed by atoms with E-state index in [0.717, 1.165) is 37.1 Å². The Morgan fingerprint density at radius 3 is 2.50 bits per heavy atom. The molecule has 0 radical (unpaired) electrons. The van der Waals surface area contributed by atoms with Gasteiger partial charge in [-0.3, -0.25) is 28.6 Å². The number of sulfonamides is 1. The van der Waals surface area contributed by atoms with Gasteiger partial charge in [0.15, 0.2) is 0 Å². The van der Waals surface area contributed by atoms with Gasteiger partial charge in [-0.15, -0.1) is 0 Å². The molecule has 5 unspecified atom stereocenters. The summed E-state index contributed by atoms with van der Waals surface area (Å²) >= 11 is 0. The lowest BCUT2D eigenvalue weighted by Crippen LogP contribution is -2.58. The monoisotopic (exact) mass is 885 g/mol. The van der Waals surface area contributed by atoms with Crippen molar-refractivity contribution in [3.05, 3.63) is 53.9 Å². The van der Waals surface area contributed by atoms with Gasteiger partial charge in [-0.2, -0.15) is 18.3 Å². The second kappa shape index (κ2) is 17.0. The minimum atomic E-state index is -4.58. The predicted molar refractivity (Wildman–Crippen MR) is 217 cm³/mol. The molecule has 8 rings (SSSR count). The fourth-order valence-corrected chi connectivity index (χ4v) is 9.77. The summed E-state index contributed by atoms with van der Waals surface area (Å²) in [7, 11) is -2.42. The van der Waals surface area contributed by atoms with Crippen LogP contribution in [-0.4, -0.2) is 107 Å². The third-order valence-corrected chi connectivity index (χ3v) is 14.2. The molecule has 5 atom stereocenters. The number of allylic oxidation sites excluding steroid dienone is 1. The molecule has 2 aromatic heterocycles. The molecule has 4 fully saturated rings. The van der Waals surface area contributed by atoms with Crippen LogP contribution >= 0.6 is 0 Å². The molecule has 0 spiro atoms. The summed E-state index contributed by atoms with van der Waals surface area (Å²) in [6.07, 6.45) is 5.54. The Morgan fingerprint density at radius 2 is 1.79 bits per heavy atom.